The lowest BCUT2D eigenvalue weighted by Crippen LogP contribution is -1.90. The molecule has 1 aliphatic heterocycles. The first kappa shape index (κ1) is 18.0. The average Bonchev–Trinajstić information content (AvgIpc) is 2.98. The van der Waals surface area contributed by atoms with E-state index in [1.54, 1.807) is 7.11 Å². The first-order chi connectivity index (χ1) is 11.7. The van der Waals surface area contributed by atoms with Crippen molar-refractivity contribution in [2.24, 2.45) is 4.99 Å². The predicted octanol–water partition coefficient (Wildman–Crippen LogP) is 5.09. The van der Waals surface area contributed by atoms with Gasteiger partial charge in [0.25, 0.3) is 5.91 Å². The molecule has 3 rings (SSSR count). The van der Waals surface area contributed by atoms with Gasteiger partial charge in [-0.3, -0.25) is 4.79 Å². The number of benzene rings is 2. The zero-order chi connectivity index (χ0) is 17.5. The van der Waals surface area contributed by atoms with Gasteiger partial charge in [-0.1, -0.05) is 67.6 Å². The van der Waals surface area contributed by atoms with Crippen LogP contribution in [0.2, 0.25) is 0 Å². The fourth-order valence-electron chi connectivity index (χ4n) is 2.08. The van der Waals surface area contributed by atoms with Crippen LogP contribution in [0.4, 0.5) is 0 Å². The zero-order valence-electron chi connectivity index (χ0n) is 14.4. The molecular weight excluding hydrogens is 318 g/mol. The quantitative estimate of drug-likeness (QED) is 0.731. The predicted molar refractivity (Wildman–Crippen MR) is 103 cm³/mol. The molecule has 2 aromatic rings. The molecule has 0 aliphatic carbocycles. The molecule has 0 bridgehead atoms. The molecule has 0 fully saturated rings. The smallest absolute Gasteiger partial charge is 0.284 e. The highest BCUT2D eigenvalue weighted by Crippen LogP contribution is 2.32. The van der Waals surface area contributed by atoms with Gasteiger partial charge in [0.1, 0.15) is 10.8 Å². The third-order valence-electron chi connectivity index (χ3n) is 3.33. The Morgan fingerprint density at radius 1 is 1.00 bits per heavy atom. The number of hydrogen-bond acceptors (Lipinski definition) is 3. The summed E-state index contributed by atoms with van der Waals surface area (Å²) in [6.07, 6.45) is 1.86. The summed E-state index contributed by atoms with van der Waals surface area (Å²) in [5, 5.41) is 0.754. The van der Waals surface area contributed by atoms with Crippen molar-refractivity contribution in [1.29, 1.82) is 0 Å². The van der Waals surface area contributed by atoms with Crippen LogP contribution in [0, 0.1) is 6.92 Å². The van der Waals surface area contributed by atoms with E-state index in [0.717, 1.165) is 21.9 Å². The first-order valence-electron chi connectivity index (χ1n) is 7.89. The van der Waals surface area contributed by atoms with Gasteiger partial charge in [-0.15, -0.1) is 0 Å². The van der Waals surface area contributed by atoms with E-state index in [1.807, 2.05) is 75.4 Å². The van der Waals surface area contributed by atoms with Crippen molar-refractivity contribution in [3.63, 3.8) is 0 Å². The summed E-state index contributed by atoms with van der Waals surface area (Å²) in [7, 11) is 1.63. The Balaban J connectivity index is 0.00000100. The van der Waals surface area contributed by atoms with Gasteiger partial charge in [-0.05, 0) is 30.7 Å². The molecule has 1 aliphatic rings. The summed E-state index contributed by atoms with van der Waals surface area (Å²) in [5.41, 5.74) is 3.12. The Morgan fingerprint density at radius 3 is 2.21 bits per heavy atom. The second-order valence-electron chi connectivity index (χ2n) is 4.97. The summed E-state index contributed by atoms with van der Waals surface area (Å²) in [6, 6.07) is 15.6. The molecule has 0 unspecified atom stereocenters. The van der Waals surface area contributed by atoms with E-state index in [9.17, 15) is 4.79 Å². The van der Waals surface area contributed by atoms with Crippen molar-refractivity contribution in [3.05, 3.63) is 70.1 Å². The van der Waals surface area contributed by atoms with Crippen LogP contribution < -0.4 is 4.74 Å². The Bertz CT molecular complexity index is 759. The number of aliphatic imine (C=N–C) groups is 1. The maximum Gasteiger partial charge on any atom is 0.284 e. The first-order valence-corrected chi connectivity index (χ1v) is 8.71. The molecule has 0 aromatic heterocycles. The van der Waals surface area contributed by atoms with Crippen LogP contribution in [-0.4, -0.2) is 18.1 Å². The number of carbonyl (C=O) groups is 1. The van der Waals surface area contributed by atoms with Crippen molar-refractivity contribution < 1.29 is 9.53 Å². The van der Waals surface area contributed by atoms with Crippen molar-refractivity contribution in [3.8, 4) is 5.75 Å². The third kappa shape index (κ3) is 4.36. The van der Waals surface area contributed by atoms with Gasteiger partial charge in [0, 0.05) is 5.56 Å². The van der Waals surface area contributed by atoms with Gasteiger partial charge in [0.05, 0.1) is 12.0 Å². The fraction of sp³-hybridized carbons (Fsp3) is 0.200. The van der Waals surface area contributed by atoms with Crippen molar-refractivity contribution in [1.82, 2.24) is 0 Å². The number of ether oxygens (including phenoxy) is 1. The van der Waals surface area contributed by atoms with Crippen LogP contribution in [0.5, 0.6) is 5.75 Å². The Labute approximate surface area is 147 Å². The summed E-state index contributed by atoms with van der Waals surface area (Å²) in [6.45, 7) is 6.04. The molecule has 0 atom stereocenters. The number of methoxy groups -OCH3 is 1. The van der Waals surface area contributed by atoms with Gasteiger partial charge in [-0.2, -0.15) is 0 Å². The second kappa shape index (κ2) is 8.50. The van der Waals surface area contributed by atoms with Crippen molar-refractivity contribution >= 4 is 28.8 Å². The number of thioether (sulfide) groups is 1. The maximum absolute atomic E-state index is 12.1. The van der Waals surface area contributed by atoms with Gasteiger partial charge >= 0.3 is 0 Å². The normalized spacial score (nSPS) is 14.9. The Kier molecular flexibility index (Phi) is 6.38. The highest BCUT2D eigenvalue weighted by molar-refractivity contribution is 8.19. The molecule has 1 amide bonds. The van der Waals surface area contributed by atoms with Gasteiger partial charge < -0.3 is 4.74 Å². The number of nitrogens with zero attached hydrogens (tertiary/aromatic N) is 1. The summed E-state index contributed by atoms with van der Waals surface area (Å²) >= 11 is 1.41. The monoisotopic (exact) mass is 339 g/mol. The number of rotatable bonds is 3. The molecule has 0 spiro atoms. The molecule has 1 heterocycles. The van der Waals surface area contributed by atoms with Gasteiger partial charge in [0.15, 0.2) is 0 Å². The van der Waals surface area contributed by atoms with E-state index in [0.29, 0.717) is 4.91 Å². The molecule has 24 heavy (non-hydrogen) atoms. The Morgan fingerprint density at radius 2 is 1.62 bits per heavy atom. The molecule has 124 valence electrons. The topological polar surface area (TPSA) is 38.7 Å². The van der Waals surface area contributed by atoms with Crippen LogP contribution in [0.1, 0.15) is 30.5 Å². The van der Waals surface area contributed by atoms with Crippen LogP contribution in [0.3, 0.4) is 0 Å². The number of amides is 1. The lowest BCUT2D eigenvalue weighted by atomic mass is 10.2. The molecule has 0 saturated heterocycles. The molecule has 0 N–H and O–H groups in total. The maximum atomic E-state index is 12.1. The lowest BCUT2D eigenvalue weighted by Gasteiger charge is -2.01. The van der Waals surface area contributed by atoms with Gasteiger partial charge in [-0.25, -0.2) is 4.99 Å². The SMILES string of the molecule is CC.COc1ccc(/C=C2\SC(c3ccc(C)cc3)=NC2=O)cc1. The van der Waals surface area contributed by atoms with Crippen LogP contribution in [0.15, 0.2) is 58.4 Å². The molecular formula is C20H21NO2S. The number of aryl methyl sites for hydroxylation is 1. The summed E-state index contributed by atoms with van der Waals surface area (Å²) < 4.78 is 5.13. The molecule has 0 saturated carbocycles. The van der Waals surface area contributed by atoms with E-state index in [4.69, 9.17) is 4.74 Å². The standard InChI is InChI=1S/C18H15NO2S.C2H6/c1-12-3-7-14(8-4-12)18-19-17(20)16(22-18)11-13-5-9-15(21-2)10-6-13;1-2/h3-11H,1-2H3;1-2H3/b16-11-;. The molecule has 4 heteroatoms. The lowest BCUT2D eigenvalue weighted by molar-refractivity contribution is -0.113. The Hall–Kier alpha value is -2.33. The minimum Gasteiger partial charge on any atom is -0.497 e. The second-order valence-corrected chi connectivity index (χ2v) is 6.00. The van der Waals surface area contributed by atoms with Crippen LogP contribution in [0.25, 0.3) is 6.08 Å². The average molecular weight is 339 g/mol. The van der Waals surface area contributed by atoms with E-state index in [2.05, 4.69) is 4.99 Å². The van der Waals surface area contributed by atoms with Gasteiger partial charge in [0.2, 0.25) is 0 Å². The largest absolute Gasteiger partial charge is 0.497 e. The summed E-state index contributed by atoms with van der Waals surface area (Å²) in [4.78, 5) is 16.8. The molecule has 0 radical (unpaired) electrons. The minimum atomic E-state index is -0.184. The van der Waals surface area contributed by atoms with Crippen LogP contribution in [-0.2, 0) is 4.79 Å². The highest BCUT2D eigenvalue weighted by atomic mass is 32.2. The van der Waals surface area contributed by atoms with E-state index in [1.165, 1.54) is 17.3 Å². The fourth-order valence-corrected chi connectivity index (χ4v) is 3.00. The molecule has 3 nitrogen and oxygen atoms in total. The van der Waals surface area contributed by atoms with Crippen molar-refractivity contribution in [2.45, 2.75) is 20.8 Å². The van der Waals surface area contributed by atoms with Crippen molar-refractivity contribution in [2.75, 3.05) is 7.11 Å². The third-order valence-corrected chi connectivity index (χ3v) is 4.37. The number of carbonyl (C=O) groups excluding carboxylic acids is 1. The van der Waals surface area contributed by atoms with E-state index >= 15 is 0 Å². The molecule has 2 aromatic carbocycles. The highest BCUT2D eigenvalue weighted by Gasteiger charge is 2.22. The minimum absolute atomic E-state index is 0.184. The number of hydrogen-bond donors (Lipinski definition) is 0. The zero-order valence-corrected chi connectivity index (χ0v) is 15.2. The van der Waals surface area contributed by atoms with E-state index in [-0.39, 0.29) is 5.91 Å². The summed E-state index contributed by atoms with van der Waals surface area (Å²) in [5.74, 6) is 0.612. The van der Waals surface area contributed by atoms with E-state index < -0.39 is 0 Å². The van der Waals surface area contributed by atoms with Crippen LogP contribution >= 0.6 is 11.8 Å².